The smallest absolute Gasteiger partial charge is 0.305 e. The summed E-state index contributed by atoms with van der Waals surface area (Å²) in [5.74, 6) is 0.509. The third-order valence-corrected chi connectivity index (χ3v) is 6.36. The van der Waals surface area contributed by atoms with E-state index in [1.165, 1.54) is 89.9 Å². The Morgan fingerprint density at radius 1 is 0.788 bits per heavy atom. The van der Waals surface area contributed by atoms with Crippen LogP contribution in [0.15, 0.2) is 0 Å². The zero-order valence-electron chi connectivity index (χ0n) is 22.4. The lowest BCUT2D eigenvalue weighted by molar-refractivity contribution is -0.145. The number of carbonyl (C=O) groups is 1. The second-order valence-corrected chi connectivity index (χ2v) is 9.66. The Bertz CT molecular complexity index is 389. The van der Waals surface area contributed by atoms with Gasteiger partial charge < -0.3 is 14.6 Å². The maximum Gasteiger partial charge on any atom is 0.305 e. The van der Waals surface area contributed by atoms with E-state index in [0.717, 1.165) is 25.8 Å². The Morgan fingerprint density at radius 3 is 1.91 bits per heavy atom. The van der Waals surface area contributed by atoms with Gasteiger partial charge in [-0.15, -0.1) is 0 Å². The summed E-state index contributed by atoms with van der Waals surface area (Å²) in [5, 5.41) is 12.0. The molecule has 0 aromatic rings. The molecule has 0 aromatic heterocycles. The summed E-state index contributed by atoms with van der Waals surface area (Å²) >= 11 is 0. The molecule has 0 heterocycles. The van der Waals surface area contributed by atoms with Gasteiger partial charge in [-0.1, -0.05) is 97.3 Å². The first-order chi connectivity index (χ1) is 16.1. The van der Waals surface area contributed by atoms with E-state index >= 15 is 0 Å². The van der Waals surface area contributed by atoms with E-state index in [2.05, 4.69) is 19.2 Å². The minimum Gasteiger partial charge on any atom is -0.465 e. The van der Waals surface area contributed by atoms with Crippen LogP contribution in [0.25, 0.3) is 0 Å². The number of nitrogens with one attached hydrogen (secondary N) is 1. The van der Waals surface area contributed by atoms with Crippen LogP contribution in [0.3, 0.4) is 0 Å². The van der Waals surface area contributed by atoms with E-state index in [1.54, 1.807) is 0 Å². The average molecular weight is 472 g/mol. The number of esters is 1. The summed E-state index contributed by atoms with van der Waals surface area (Å²) in [5.41, 5.74) is 0. The van der Waals surface area contributed by atoms with Gasteiger partial charge in [-0.2, -0.15) is 0 Å². The zero-order chi connectivity index (χ0) is 24.4. The summed E-state index contributed by atoms with van der Waals surface area (Å²) in [4.78, 5) is 12.2. The number of aliphatic hydroxyl groups is 1. The fraction of sp³-hybridized carbons (Fsp3) is 0.964. The third kappa shape index (κ3) is 24.3. The highest BCUT2D eigenvalue weighted by atomic mass is 16.5. The van der Waals surface area contributed by atoms with Crippen molar-refractivity contribution in [3.05, 3.63) is 0 Å². The molecule has 0 aromatic carbocycles. The van der Waals surface area contributed by atoms with Gasteiger partial charge in [0.2, 0.25) is 0 Å². The van der Waals surface area contributed by atoms with Crippen LogP contribution in [-0.4, -0.2) is 43.7 Å². The predicted octanol–water partition coefficient (Wildman–Crippen LogP) is 7.15. The molecule has 1 unspecified atom stereocenters. The quantitative estimate of drug-likeness (QED) is 0.0796. The predicted molar refractivity (Wildman–Crippen MR) is 139 cm³/mol. The maximum absolute atomic E-state index is 12.2. The Kier molecular flexibility index (Phi) is 25.5. The molecular weight excluding hydrogens is 414 g/mol. The average Bonchev–Trinajstić information content (AvgIpc) is 2.82. The number of hydrogen-bond donors (Lipinski definition) is 2. The van der Waals surface area contributed by atoms with Crippen molar-refractivity contribution in [1.29, 1.82) is 0 Å². The van der Waals surface area contributed by atoms with Crippen molar-refractivity contribution in [2.45, 2.75) is 143 Å². The molecule has 0 fully saturated rings. The summed E-state index contributed by atoms with van der Waals surface area (Å²) < 4.78 is 11.0. The van der Waals surface area contributed by atoms with Crippen LogP contribution in [-0.2, 0) is 14.3 Å². The van der Waals surface area contributed by atoms with Crippen molar-refractivity contribution in [1.82, 2.24) is 5.32 Å². The lowest BCUT2D eigenvalue weighted by Crippen LogP contribution is -2.30. The molecule has 198 valence electrons. The Morgan fingerprint density at radius 2 is 1.33 bits per heavy atom. The van der Waals surface area contributed by atoms with Crippen LogP contribution in [0.2, 0.25) is 0 Å². The van der Waals surface area contributed by atoms with Gasteiger partial charge in [-0.25, -0.2) is 0 Å². The summed E-state index contributed by atoms with van der Waals surface area (Å²) in [6.45, 7) is 8.35. The number of hydrogen-bond acceptors (Lipinski definition) is 5. The van der Waals surface area contributed by atoms with Crippen LogP contribution >= 0.6 is 0 Å². The van der Waals surface area contributed by atoms with Gasteiger partial charge in [0, 0.05) is 6.42 Å². The molecule has 5 heteroatoms. The van der Waals surface area contributed by atoms with Gasteiger partial charge in [0.15, 0.2) is 0 Å². The highest BCUT2D eigenvalue weighted by molar-refractivity contribution is 5.69. The lowest BCUT2D eigenvalue weighted by Gasteiger charge is -2.17. The fourth-order valence-corrected chi connectivity index (χ4v) is 4.19. The molecule has 0 spiro atoms. The standard InChI is InChI=1S/C28H57NO4/c1-4-6-8-10-12-15-19-27(20-16-13-11-9-7-5-2)25-33-28(31)21-17-14-18-22-29-26(3)32-24-23-30/h26-27,29-30H,4-25H2,1-3H3. The molecule has 0 saturated heterocycles. The first kappa shape index (κ1) is 32.4. The van der Waals surface area contributed by atoms with E-state index < -0.39 is 0 Å². The second kappa shape index (κ2) is 26.0. The van der Waals surface area contributed by atoms with Gasteiger partial charge in [-0.05, 0) is 45.1 Å². The molecule has 0 bridgehead atoms. The van der Waals surface area contributed by atoms with Crippen LogP contribution in [0.4, 0.5) is 0 Å². The second-order valence-electron chi connectivity index (χ2n) is 9.66. The molecular formula is C28H57NO4. The van der Waals surface area contributed by atoms with Crippen molar-refractivity contribution in [3.8, 4) is 0 Å². The first-order valence-electron chi connectivity index (χ1n) is 14.2. The maximum atomic E-state index is 12.2. The molecule has 5 nitrogen and oxygen atoms in total. The van der Waals surface area contributed by atoms with Crippen molar-refractivity contribution >= 4 is 5.97 Å². The molecule has 0 amide bonds. The van der Waals surface area contributed by atoms with E-state index in [9.17, 15) is 4.79 Å². The highest BCUT2D eigenvalue weighted by Gasteiger charge is 2.12. The zero-order valence-corrected chi connectivity index (χ0v) is 22.4. The topological polar surface area (TPSA) is 67.8 Å². The highest BCUT2D eigenvalue weighted by Crippen LogP contribution is 2.20. The van der Waals surface area contributed by atoms with E-state index in [1.807, 2.05) is 6.92 Å². The minimum absolute atomic E-state index is 0.0292. The van der Waals surface area contributed by atoms with E-state index in [0.29, 0.717) is 25.6 Å². The summed E-state index contributed by atoms with van der Waals surface area (Å²) in [7, 11) is 0. The van der Waals surface area contributed by atoms with Crippen LogP contribution in [0.5, 0.6) is 0 Å². The summed E-state index contributed by atoms with van der Waals surface area (Å²) in [6.07, 6.45) is 21.7. The largest absolute Gasteiger partial charge is 0.465 e. The molecule has 2 N–H and O–H groups in total. The van der Waals surface area contributed by atoms with Gasteiger partial charge in [0.05, 0.1) is 19.8 Å². The Labute approximate surface area is 205 Å². The van der Waals surface area contributed by atoms with Crippen LogP contribution in [0.1, 0.15) is 136 Å². The van der Waals surface area contributed by atoms with Gasteiger partial charge in [0.25, 0.3) is 0 Å². The molecule has 0 radical (unpaired) electrons. The van der Waals surface area contributed by atoms with Gasteiger partial charge in [-0.3, -0.25) is 10.1 Å². The molecule has 0 saturated carbocycles. The van der Waals surface area contributed by atoms with Gasteiger partial charge in [0.1, 0.15) is 6.23 Å². The first-order valence-corrected chi connectivity index (χ1v) is 14.2. The van der Waals surface area contributed by atoms with Gasteiger partial charge >= 0.3 is 5.97 Å². The number of rotatable bonds is 26. The molecule has 0 aliphatic carbocycles. The molecule has 33 heavy (non-hydrogen) atoms. The van der Waals surface area contributed by atoms with Crippen LogP contribution < -0.4 is 5.32 Å². The Hall–Kier alpha value is -0.650. The SMILES string of the molecule is CCCCCCCCC(CCCCCCCC)COC(=O)CCCCCNC(C)OCCO. The summed E-state index contributed by atoms with van der Waals surface area (Å²) in [6, 6.07) is 0. The molecule has 0 rings (SSSR count). The van der Waals surface area contributed by atoms with Crippen LogP contribution in [0, 0.1) is 5.92 Å². The lowest BCUT2D eigenvalue weighted by atomic mass is 9.94. The molecule has 0 aliphatic heterocycles. The monoisotopic (exact) mass is 471 g/mol. The fourth-order valence-electron chi connectivity index (χ4n) is 4.19. The molecule has 0 aliphatic rings. The van der Waals surface area contributed by atoms with E-state index in [-0.39, 0.29) is 18.8 Å². The van der Waals surface area contributed by atoms with Crippen molar-refractivity contribution in [2.75, 3.05) is 26.4 Å². The number of ether oxygens (including phenoxy) is 2. The minimum atomic E-state index is -0.0441. The number of unbranched alkanes of at least 4 members (excludes halogenated alkanes) is 12. The number of aliphatic hydroxyl groups excluding tert-OH is 1. The normalized spacial score (nSPS) is 12.4. The van der Waals surface area contributed by atoms with Crippen molar-refractivity contribution in [3.63, 3.8) is 0 Å². The van der Waals surface area contributed by atoms with E-state index in [4.69, 9.17) is 14.6 Å². The van der Waals surface area contributed by atoms with Crippen molar-refractivity contribution in [2.24, 2.45) is 5.92 Å². The Balaban J connectivity index is 3.96. The third-order valence-electron chi connectivity index (χ3n) is 6.36. The molecule has 1 atom stereocenters. The van der Waals surface area contributed by atoms with Crippen molar-refractivity contribution < 1.29 is 19.4 Å². The number of carbonyl (C=O) groups excluding carboxylic acids is 1.